The summed E-state index contributed by atoms with van der Waals surface area (Å²) >= 11 is 1.47. The van der Waals surface area contributed by atoms with Gasteiger partial charge >= 0.3 is 0 Å². The summed E-state index contributed by atoms with van der Waals surface area (Å²) in [7, 11) is 0. The van der Waals surface area contributed by atoms with Crippen molar-refractivity contribution in [2.45, 2.75) is 24.9 Å². The molecule has 0 radical (unpaired) electrons. The summed E-state index contributed by atoms with van der Waals surface area (Å²) in [6, 6.07) is 8.96. The van der Waals surface area contributed by atoms with E-state index in [0.29, 0.717) is 12.2 Å². The number of imide groups is 1. The highest BCUT2D eigenvalue weighted by atomic mass is 32.2. The summed E-state index contributed by atoms with van der Waals surface area (Å²) in [5, 5.41) is 2.37. The van der Waals surface area contributed by atoms with Crippen molar-refractivity contribution in [3.63, 3.8) is 0 Å². The normalized spacial score (nSPS) is 18.8. The summed E-state index contributed by atoms with van der Waals surface area (Å²) in [5.74, 6) is -0.0270. The SMILES string of the molecule is NC(CCC(=O)NC(=O)C1CSC=N1)c1ccccc1. The Morgan fingerprint density at radius 2 is 2.15 bits per heavy atom. The van der Waals surface area contributed by atoms with Crippen LogP contribution in [0.2, 0.25) is 0 Å². The van der Waals surface area contributed by atoms with E-state index in [9.17, 15) is 9.59 Å². The Morgan fingerprint density at radius 3 is 2.80 bits per heavy atom. The number of carbonyl (C=O) groups excluding carboxylic acids is 2. The second-order valence-corrected chi connectivity index (χ2v) is 5.45. The monoisotopic (exact) mass is 291 g/mol. The van der Waals surface area contributed by atoms with E-state index in [1.54, 1.807) is 5.55 Å². The van der Waals surface area contributed by atoms with Crippen LogP contribution in [0.5, 0.6) is 0 Å². The number of rotatable bonds is 5. The quantitative estimate of drug-likeness (QED) is 0.855. The molecular weight excluding hydrogens is 274 g/mol. The molecule has 0 aliphatic carbocycles. The highest BCUT2D eigenvalue weighted by molar-refractivity contribution is 8.12. The average Bonchev–Trinajstić information content (AvgIpc) is 3.00. The molecule has 1 heterocycles. The molecule has 2 amide bonds. The molecule has 1 aromatic rings. The zero-order chi connectivity index (χ0) is 14.4. The van der Waals surface area contributed by atoms with Gasteiger partial charge in [0.1, 0.15) is 6.04 Å². The lowest BCUT2D eigenvalue weighted by atomic mass is 10.0. The first kappa shape index (κ1) is 14.7. The van der Waals surface area contributed by atoms with E-state index in [1.165, 1.54) is 11.8 Å². The predicted octanol–water partition coefficient (Wildman–Crippen LogP) is 1.25. The van der Waals surface area contributed by atoms with E-state index in [4.69, 9.17) is 5.73 Å². The number of amides is 2. The molecule has 1 aromatic carbocycles. The highest BCUT2D eigenvalue weighted by Gasteiger charge is 2.22. The minimum Gasteiger partial charge on any atom is -0.324 e. The number of hydrogen-bond donors (Lipinski definition) is 2. The van der Waals surface area contributed by atoms with Crippen molar-refractivity contribution in [3.05, 3.63) is 35.9 Å². The number of nitrogens with two attached hydrogens (primary N) is 1. The smallest absolute Gasteiger partial charge is 0.252 e. The van der Waals surface area contributed by atoms with Crippen molar-refractivity contribution in [2.24, 2.45) is 10.7 Å². The average molecular weight is 291 g/mol. The Labute approximate surface area is 122 Å². The van der Waals surface area contributed by atoms with Gasteiger partial charge in [0.25, 0.3) is 5.91 Å². The van der Waals surface area contributed by atoms with Crippen molar-refractivity contribution in [1.82, 2.24) is 5.32 Å². The molecule has 5 nitrogen and oxygen atoms in total. The lowest BCUT2D eigenvalue weighted by Crippen LogP contribution is -2.38. The second-order valence-electron chi connectivity index (χ2n) is 4.57. The topological polar surface area (TPSA) is 84.5 Å². The van der Waals surface area contributed by atoms with Gasteiger partial charge in [-0.2, -0.15) is 0 Å². The van der Waals surface area contributed by atoms with Crippen molar-refractivity contribution < 1.29 is 9.59 Å². The van der Waals surface area contributed by atoms with Crippen molar-refractivity contribution >= 4 is 29.1 Å². The zero-order valence-corrected chi connectivity index (χ0v) is 11.8. The second kappa shape index (κ2) is 7.21. The van der Waals surface area contributed by atoms with Crippen molar-refractivity contribution in [2.75, 3.05) is 5.75 Å². The summed E-state index contributed by atoms with van der Waals surface area (Å²) in [6.07, 6.45) is 0.733. The van der Waals surface area contributed by atoms with E-state index in [2.05, 4.69) is 10.3 Å². The Bertz CT molecular complexity index is 504. The molecule has 1 aliphatic heterocycles. The van der Waals surface area contributed by atoms with Gasteiger partial charge in [-0.15, -0.1) is 11.8 Å². The molecule has 0 aromatic heterocycles. The van der Waals surface area contributed by atoms with E-state index >= 15 is 0 Å². The van der Waals surface area contributed by atoms with Crippen LogP contribution < -0.4 is 11.1 Å². The first-order valence-corrected chi connectivity index (χ1v) is 7.49. The van der Waals surface area contributed by atoms with Gasteiger partial charge in [0.2, 0.25) is 5.91 Å². The molecule has 2 atom stereocenters. The van der Waals surface area contributed by atoms with Crippen LogP contribution in [0.3, 0.4) is 0 Å². The number of nitrogens with zero attached hydrogens (tertiary/aromatic N) is 1. The van der Waals surface area contributed by atoms with Crippen LogP contribution in [-0.2, 0) is 9.59 Å². The molecule has 2 unspecified atom stereocenters. The molecule has 20 heavy (non-hydrogen) atoms. The third kappa shape index (κ3) is 4.18. The Kier molecular flexibility index (Phi) is 5.31. The van der Waals surface area contributed by atoms with Gasteiger partial charge in [0, 0.05) is 18.2 Å². The Hall–Kier alpha value is -1.66. The molecule has 0 saturated carbocycles. The van der Waals surface area contributed by atoms with Gasteiger partial charge in [-0.3, -0.25) is 19.9 Å². The minimum absolute atomic E-state index is 0.197. The fourth-order valence-electron chi connectivity index (χ4n) is 1.87. The largest absolute Gasteiger partial charge is 0.324 e. The fraction of sp³-hybridized carbons (Fsp3) is 0.357. The number of nitrogens with one attached hydrogen (secondary N) is 1. The molecule has 6 heteroatoms. The molecule has 2 rings (SSSR count). The van der Waals surface area contributed by atoms with Crippen LogP contribution in [0.25, 0.3) is 0 Å². The van der Waals surface area contributed by atoms with Crippen molar-refractivity contribution in [3.8, 4) is 0 Å². The number of benzene rings is 1. The van der Waals surface area contributed by atoms with E-state index in [1.807, 2.05) is 30.3 Å². The first-order chi connectivity index (χ1) is 9.66. The molecular formula is C14H17N3O2S. The lowest BCUT2D eigenvalue weighted by Gasteiger charge is -2.12. The van der Waals surface area contributed by atoms with Crippen LogP contribution in [0.1, 0.15) is 24.4 Å². The van der Waals surface area contributed by atoms with E-state index < -0.39 is 6.04 Å². The number of thioether (sulfide) groups is 1. The van der Waals surface area contributed by atoms with Crippen molar-refractivity contribution in [1.29, 1.82) is 0 Å². The van der Waals surface area contributed by atoms with E-state index in [0.717, 1.165) is 5.56 Å². The molecule has 0 saturated heterocycles. The maximum Gasteiger partial charge on any atom is 0.252 e. The Balaban J connectivity index is 1.75. The maximum atomic E-state index is 11.7. The predicted molar refractivity (Wildman–Crippen MR) is 80.5 cm³/mol. The zero-order valence-electron chi connectivity index (χ0n) is 11.0. The van der Waals surface area contributed by atoms with Crippen LogP contribution in [0.4, 0.5) is 0 Å². The van der Waals surface area contributed by atoms with Gasteiger partial charge in [-0.05, 0) is 12.0 Å². The number of hydrogen-bond acceptors (Lipinski definition) is 5. The molecule has 0 bridgehead atoms. The lowest BCUT2D eigenvalue weighted by molar-refractivity contribution is -0.130. The first-order valence-electron chi connectivity index (χ1n) is 6.44. The molecule has 0 spiro atoms. The number of aliphatic imine (C=N–C) groups is 1. The van der Waals surface area contributed by atoms with Gasteiger partial charge in [0.05, 0.1) is 5.55 Å². The van der Waals surface area contributed by atoms with Gasteiger partial charge in [-0.25, -0.2) is 0 Å². The fourth-order valence-corrected chi connectivity index (χ4v) is 2.61. The molecule has 3 N–H and O–H groups in total. The highest BCUT2D eigenvalue weighted by Crippen LogP contribution is 2.15. The third-order valence-corrected chi connectivity index (χ3v) is 3.82. The summed E-state index contributed by atoms with van der Waals surface area (Å²) in [5.41, 5.74) is 8.63. The number of carbonyl (C=O) groups is 2. The molecule has 106 valence electrons. The molecule has 0 fully saturated rings. The van der Waals surface area contributed by atoms with Crippen LogP contribution in [0, 0.1) is 0 Å². The van der Waals surface area contributed by atoms with Crippen LogP contribution in [-0.4, -0.2) is 29.2 Å². The van der Waals surface area contributed by atoms with Gasteiger partial charge in [0.15, 0.2) is 0 Å². The minimum atomic E-state index is -0.438. The van der Waals surface area contributed by atoms with E-state index in [-0.39, 0.29) is 24.3 Å². The Morgan fingerprint density at radius 1 is 1.40 bits per heavy atom. The summed E-state index contributed by atoms with van der Waals surface area (Å²) < 4.78 is 0. The van der Waals surface area contributed by atoms with Gasteiger partial charge in [-0.1, -0.05) is 30.3 Å². The van der Waals surface area contributed by atoms with Gasteiger partial charge < -0.3 is 5.73 Å². The molecule has 1 aliphatic rings. The summed E-state index contributed by atoms with van der Waals surface area (Å²) in [4.78, 5) is 27.4. The standard InChI is InChI=1S/C14H17N3O2S/c15-11(10-4-2-1-3-5-10)6-7-13(18)17-14(19)12-8-20-9-16-12/h1-5,9,11-12H,6-8,15H2,(H,17,18,19). The van der Waals surface area contributed by atoms with Crippen LogP contribution >= 0.6 is 11.8 Å². The summed E-state index contributed by atoms with van der Waals surface area (Å²) in [6.45, 7) is 0. The third-order valence-electron chi connectivity index (χ3n) is 3.04. The maximum absolute atomic E-state index is 11.7. The van der Waals surface area contributed by atoms with Crippen LogP contribution in [0.15, 0.2) is 35.3 Å².